The first-order valence-corrected chi connectivity index (χ1v) is 18.3. The number of rotatable bonds is 13. The number of nitrogens with one attached hydrogen (secondary N) is 2. The van der Waals surface area contributed by atoms with Crippen molar-refractivity contribution in [1.29, 1.82) is 0 Å². The molecule has 2 amide bonds. The average Bonchev–Trinajstić information content (AvgIpc) is 3.20. The molecule has 1 aliphatic rings. The zero-order valence-electron chi connectivity index (χ0n) is 29.2. The Labute approximate surface area is 308 Å². The molecule has 9 nitrogen and oxygen atoms in total. The minimum atomic E-state index is -0.818. The van der Waals surface area contributed by atoms with Gasteiger partial charge in [0.25, 0.3) is 0 Å². The zero-order valence-corrected chi connectivity index (χ0v) is 30.0. The van der Waals surface area contributed by atoms with Crippen molar-refractivity contribution in [3.8, 4) is 11.1 Å². The third kappa shape index (κ3) is 9.65. The maximum Gasteiger partial charge on any atom is 0.328 e. The monoisotopic (exact) mass is 717 g/mol. The Kier molecular flexibility index (Phi) is 12.7. The van der Waals surface area contributed by atoms with Gasteiger partial charge in [-0.05, 0) is 57.6 Å². The van der Waals surface area contributed by atoms with E-state index < -0.39 is 24.3 Å². The van der Waals surface area contributed by atoms with Gasteiger partial charge in [-0.1, -0.05) is 104 Å². The number of urea groups is 1. The number of aromatic nitrogens is 1. The van der Waals surface area contributed by atoms with E-state index in [0.717, 1.165) is 44.0 Å². The van der Waals surface area contributed by atoms with E-state index in [0.29, 0.717) is 12.2 Å². The molecule has 1 aromatic heterocycles. The Morgan fingerprint density at radius 1 is 0.827 bits per heavy atom. The number of aliphatic hydroxyl groups excluding tert-OH is 1. The van der Waals surface area contributed by atoms with E-state index in [1.807, 2.05) is 115 Å². The lowest BCUT2D eigenvalue weighted by atomic mass is 9.91. The molecule has 0 bridgehead atoms. The normalized spacial score (nSPS) is 19.0. The van der Waals surface area contributed by atoms with Crippen LogP contribution in [0, 0.1) is 5.92 Å². The van der Waals surface area contributed by atoms with Crippen LogP contribution in [0.5, 0.6) is 0 Å². The Bertz CT molecular complexity index is 1910. The molecule has 268 valence electrons. The van der Waals surface area contributed by atoms with Gasteiger partial charge in [0, 0.05) is 36.4 Å². The van der Waals surface area contributed by atoms with Gasteiger partial charge in [-0.15, -0.1) is 11.8 Å². The van der Waals surface area contributed by atoms with E-state index >= 15 is 0 Å². The lowest BCUT2D eigenvalue weighted by molar-refractivity contribution is -0.268. The number of carbonyl (C=O) groups is 2. The molecule has 0 aliphatic carbocycles. The van der Waals surface area contributed by atoms with Gasteiger partial charge in [0.15, 0.2) is 6.29 Å². The quantitative estimate of drug-likeness (QED) is 0.0852. The largest absolute Gasteiger partial charge is 0.467 e. The number of hydrogen-bond acceptors (Lipinski definition) is 8. The number of aliphatic hydroxyl groups is 1. The standard InChI is InChI=1S/C42H43N3O6S/c1-28-37(27-52-38-16-6-7-21-43-38)50-41(51-39(28)32-19-17-30(26-46)18-20-32)35-15-9-14-34(24-35)33-13-8-12-31(22-33)25-44-42(48)45-36(40(47)49-2)23-29-10-4-3-5-11-29/h3-22,24,28,36-37,39,41,46H,23,25-27H2,1-2H3,(H2,44,45,48). The number of pyridine rings is 1. The number of carbonyl (C=O) groups excluding carboxylic acids is 2. The number of benzene rings is 4. The number of hydrogen-bond donors (Lipinski definition) is 3. The molecule has 3 N–H and O–H groups in total. The molecule has 0 radical (unpaired) electrons. The van der Waals surface area contributed by atoms with Crippen LogP contribution < -0.4 is 10.6 Å². The average molecular weight is 718 g/mol. The second-order valence-electron chi connectivity index (χ2n) is 12.7. The lowest BCUT2D eigenvalue weighted by Crippen LogP contribution is -2.47. The van der Waals surface area contributed by atoms with Crippen LogP contribution in [-0.2, 0) is 38.6 Å². The van der Waals surface area contributed by atoms with E-state index in [4.69, 9.17) is 14.2 Å². The summed E-state index contributed by atoms with van der Waals surface area (Å²) in [5, 5.41) is 16.2. The van der Waals surface area contributed by atoms with Gasteiger partial charge < -0.3 is 30.0 Å². The highest BCUT2D eigenvalue weighted by Gasteiger charge is 2.38. The Morgan fingerprint density at radius 3 is 2.29 bits per heavy atom. The van der Waals surface area contributed by atoms with E-state index in [2.05, 4.69) is 28.6 Å². The summed E-state index contributed by atoms with van der Waals surface area (Å²) in [4.78, 5) is 29.8. The number of amides is 2. The van der Waals surface area contributed by atoms with Crippen LogP contribution in [0.4, 0.5) is 4.79 Å². The van der Waals surface area contributed by atoms with Gasteiger partial charge in [-0.25, -0.2) is 14.6 Å². The summed E-state index contributed by atoms with van der Waals surface area (Å²) in [6.45, 7) is 2.40. The van der Waals surface area contributed by atoms with Crippen molar-refractivity contribution in [3.05, 3.63) is 155 Å². The fourth-order valence-corrected chi connectivity index (χ4v) is 7.24. The molecule has 5 atom stereocenters. The van der Waals surface area contributed by atoms with Gasteiger partial charge in [0.2, 0.25) is 0 Å². The highest BCUT2D eigenvalue weighted by molar-refractivity contribution is 7.99. The second kappa shape index (κ2) is 18.0. The van der Waals surface area contributed by atoms with Crippen LogP contribution in [0.15, 0.2) is 133 Å². The van der Waals surface area contributed by atoms with Crippen molar-refractivity contribution in [3.63, 3.8) is 0 Å². The van der Waals surface area contributed by atoms with Crippen molar-refractivity contribution in [1.82, 2.24) is 15.6 Å². The first kappa shape index (κ1) is 36.8. The molecule has 2 heterocycles. The summed E-state index contributed by atoms with van der Waals surface area (Å²) in [5.74, 6) is 0.252. The molecule has 1 saturated heterocycles. The molecule has 4 aromatic carbocycles. The fourth-order valence-electron chi connectivity index (χ4n) is 6.21. The second-order valence-corrected chi connectivity index (χ2v) is 13.8. The molecule has 1 fully saturated rings. The van der Waals surface area contributed by atoms with Crippen LogP contribution in [0.2, 0.25) is 0 Å². The molecule has 0 spiro atoms. The first-order valence-electron chi connectivity index (χ1n) is 17.3. The molecule has 5 unspecified atom stereocenters. The van der Waals surface area contributed by atoms with Gasteiger partial charge in [-0.3, -0.25) is 0 Å². The summed E-state index contributed by atoms with van der Waals surface area (Å²) in [6, 6.07) is 38.1. The van der Waals surface area contributed by atoms with Crippen molar-refractivity contribution in [2.75, 3.05) is 12.9 Å². The minimum Gasteiger partial charge on any atom is -0.467 e. The summed E-state index contributed by atoms with van der Waals surface area (Å²) < 4.78 is 18.3. The van der Waals surface area contributed by atoms with Crippen LogP contribution >= 0.6 is 11.8 Å². The number of thioether (sulfide) groups is 1. The SMILES string of the molecule is COC(=O)C(Cc1ccccc1)NC(=O)NCc1cccc(-c2cccc(C3OC(CSc4ccccn4)C(C)C(c4ccc(CO)cc4)O3)c2)c1. The van der Waals surface area contributed by atoms with Crippen LogP contribution in [-0.4, -0.2) is 47.1 Å². The molecular formula is C42H43N3O6S. The van der Waals surface area contributed by atoms with Crippen molar-refractivity contribution >= 4 is 23.8 Å². The Hall–Kier alpha value is -5.00. The smallest absolute Gasteiger partial charge is 0.328 e. The van der Waals surface area contributed by atoms with Crippen molar-refractivity contribution in [2.24, 2.45) is 5.92 Å². The summed E-state index contributed by atoms with van der Waals surface area (Å²) in [5.41, 5.74) is 6.53. The fraction of sp³-hybridized carbons (Fsp3) is 0.262. The number of esters is 1. The molecule has 0 saturated carbocycles. The maximum atomic E-state index is 12.9. The molecule has 5 aromatic rings. The molecule has 52 heavy (non-hydrogen) atoms. The number of ether oxygens (including phenoxy) is 3. The van der Waals surface area contributed by atoms with E-state index in [-0.39, 0.29) is 31.3 Å². The zero-order chi connectivity index (χ0) is 36.3. The molecule has 6 rings (SSSR count). The highest BCUT2D eigenvalue weighted by atomic mass is 32.2. The molecular weight excluding hydrogens is 675 g/mol. The predicted octanol–water partition coefficient (Wildman–Crippen LogP) is 7.41. The summed E-state index contributed by atoms with van der Waals surface area (Å²) in [7, 11) is 1.31. The summed E-state index contributed by atoms with van der Waals surface area (Å²) in [6.07, 6.45) is 1.16. The number of methoxy groups -OCH3 is 1. The third-order valence-electron chi connectivity index (χ3n) is 9.10. The number of nitrogens with zero attached hydrogens (tertiary/aromatic N) is 1. The lowest BCUT2D eigenvalue weighted by Gasteiger charge is -2.41. The predicted molar refractivity (Wildman–Crippen MR) is 201 cm³/mol. The van der Waals surface area contributed by atoms with Crippen LogP contribution in [0.25, 0.3) is 11.1 Å². The Morgan fingerprint density at radius 2 is 1.56 bits per heavy atom. The maximum absolute atomic E-state index is 12.9. The van der Waals surface area contributed by atoms with E-state index in [9.17, 15) is 14.7 Å². The third-order valence-corrected chi connectivity index (χ3v) is 10.1. The molecule has 10 heteroatoms. The van der Waals surface area contributed by atoms with Crippen molar-refractivity contribution < 1.29 is 28.9 Å². The van der Waals surface area contributed by atoms with Gasteiger partial charge in [0.05, 0.1) is 31.0 Å². The van der Waals surface area contributed by atoms with E-state index in [1.54, 1.807) is 18.0 Å². The Balaban J connectivity index is 1.15. The van der Waals surface area contributed by atoms with Crippen LogP contribution in [0.1, 0.15) is 47.1 Å². The van der Waals surface area contributed by atoms with Crippen molar-refractivity contribution in [2.45, 2.75) is 56.1 Å². The topological polar surface area (TPSA) is 119 Å². The van der Waals surface area contributed by atoms with Gasteiger partial charge in [0.1, 0.15) is 6.04 Å². The summed E-state index contributed by atoms with van der Waals surface area (Å²) >= 11 is 1.66. The highest BCUT2D eigenvalue weighted by Crippen LogP contribution is 2.43. The van der Waals surface area contributed by atoms with Crippen LogP contribution in [0.3, 0.4) is 0 Å². The first-order chi connectivity index (χ1) is 25.4. The minimum absolute atomic E-state index is 0.0156. The van der Waals surface area contributed by atoms with Gasteiger partial charge in [-0.2, -0.15) is 0 Å². The molecule has 1 aliphatic heterocycles. The van der Waals surface area contributed by atoms with E-state index in [1.165, 1.54) is 7.11 Å². The van der Waals surface area contributed by atoms with Gasteiger partial charge >= 0.3 is 12.0 Å².